The van der Waals surface area contributed by atoms with E-state index in [9.17, 15) is 0 Å². The number of rotatable bonds is 10. The molecule has 3 aromatic rings. The zero-order chi connectivity index (χ0) is 21.9. The third kappa shape index (κ3) is 8.62. The Kier molecular flexibility index (Phi) is 11.2. The van der Waals surface area contributed by atoms with Crippen LogP contribution < -0.4 is 20.1 Å². The number of halogens is 1. The summed E-state index contributed by atoms with van der Waals surface area (Å²) in [5.41, 5.74) is 2.16. The Morgan fingerprint density at radius 2 is 1.78 bits per heavy atom. The Morgan fingerprint density at radius 1 is 1.03 bits per heavy atom. The van der Waals surface area contributed by atoms with Crippen molar-refractivity contribution in [3.8, 4) is 11.6 Å². The molecule has 172 valence electrons. The Balaban J connectivity index is 0.00000363. The van der Waals surface area contributed by atoms with Crippen molar-refractivity contribution in [3.63, 3.8) is 0 Å². The Morgan fingerprint density at radius 3 is 2.44 bits per heavy atom. The van der Waals surface area contributed by atoms with Crippen LogP contribution >= 0.6 is 35.3 Å². The molecule has 0 aliphatic carbocycles. The van der Waals surface area contributed by atoms with Crippen LogP contribution in [0.25, 0.3) is 0 Å². The maximum absolute atomic E-state index is 5.64. The van der Waals surface area contributed by atoms with Gasteiger partial charge in [0.2, 0.25) is 5.88 Å². The molecule has 2 aromatic heterocycles. The number of benzene rings is 1. The second-order valence-electron chi connectivity index (χ2n) is 7.11. The van der Waals surface area contributed by atoms with E-state index < -0.39 is 0 Å². The van der Waals surface area contributed by atoms with Gasteiger partial charge in [0.25, 0.3) is 0 Å². The van der Waals surface area contributed by atoms with Crippen LogP contribution in [0.5, 0.6) is 11.6 Å². The molecule has 0 spiro atoms. The summed E-state index contributed by atoms with van der Waals surface area (Å²) in [5, 5.41) is 9.74. The van der Waals surface area contributed by atoms with Crippen LogP contribution in [0.2, 0.25) is 0 Å². The Labute approximate surface area is 210 Å². The van der Waals surface area contributed by atoms with E-state index in [1.165, 1.54) is 0 Å². The summed E-state index contributed by atoms with van der Waals surface area (Å²) in [5.74, 6) is 2.57. The van der Waals surface area contributed by atoms with E-state index in [1.807, 2.05) is 42.5 Å². The van der Waals surface area contributed by atoms with E-state index in [0.717, 1.165) is 28.0 Å². The SMILES string of the molecule is CN=C(NCc1ccc(OCCOc2ccccc2)nc1)NCc1nc(C(C)C)cs1.I. The van der Waals surface area contributed by atoms with Crippen molar-refractivity contribution >= 4 is 41.3 Å². The highest BCUT2D eigenvalue weighted by Crippen LogP contribution is 2.17. The average molecular weight is 567 g/mol. The first kappa shape index (κ1) is 25.9. The van der Waals surface area contributed by atoms with Crippen LogP contribution in [0.3, 0.4) is 0 Å². The lowest BCUT2D eigenvalue weighted by Gasteiger charge is -2.11. The van der Waals surface area contributed by atoms with Gasteiger partial charge in [-0.3, -0.25) is 4.99 Å². The minimum absolute atomic E-state index is 0. The largest absolute Gasteiger partial charge is 0.490 e. The monoisotopic (exact) mass is 567 g/mol. The minimum Gasteiger partial charge on any atom is -0.490 e. The molecule has 0 unspecified atom stereocenters. The molecule has 0 aliphatic heterocycles. The maximum atomic E-state index is 5.64. The fraction of sp³-hybridized carbons (Fsp3) is 0.348. The van der Waals surface area contributed by atoms with E-state index in [2.05, 4.69) is 44.8 Å². The average Bonchev–Trinajstić information content (AvgIpc) is 3.28. The molecule has 0 saturated carbocycles. The second kappa shape index (κ2) is 13.9. The summed E-state index contributed by atoms with van der Waals surface area (Å²) in [7, 11) is 1.75. The molecule has 2 N–H and O–H groups in total. The summed E-state index contributed by atoms with van der Waals surface area (Å²) in [6, 6.07) is 13.5. The van der Waals surface area contributed by atoms with Gasteiger partial charge in [-0.05, 0) is 23.6 Å². The van der Waals surface area contributed by atoms with Crippen molar-refractivity contribution < 1.29 is 9.47 Å². The minimum atomic E-state index is 0. The summed E-state index contributed by atoms with van der Waals surface area (Å²) >= 11 is 1.66. The molecule has 0 amide bonds. The highest BCUT2D eigenvalue weighted by Gasteiger charge is 2.06. The summed E-state index contributed by atoms with van der Waals surface area (Å²) in [6.45, 7) is 6.46. The van der Waals surface area contributed by atoms with Crippen molar-refractivity contribution in [2.75, 3.05) is 20.3 Å². The number of ether oxygens (including phenoxy) is 2. The highest BCUT2D eigenvalue weighted by atomic mass is 127. The Hall–Kier alpha value is -2.40. The summed E-state index contributed by atoms with van der Waals surface area (Å²) < 4.78 is 11.2. The number of nitrogens with one attached hydrogen (secondary N) is 2. The smallest absolute Gasteiger partial charge is 0.213 e. The van der Waals surface area contributed by atoms with Crippen molar-refractivity contribution in [2.45, 2.75) is 32.9 Å². The van der Waals surface area contributed by atoms with Crippen LogP contribution in [0.1, 0.15) is 36.0 Å². The van der Waals surface area contributed by atoms with Gasteiger partial charge in [-0.15, -0.1) is 35.3 Å². The Bertz CT molecular complexity index is 949. The lowest BCUT2D eigenvalue weighted by molar-refractivity contribution is 0.212. The van der Waals surface area contributed by atoms with Gasteiger partial charge in [-0.25, -0.2) is 9.97 Å². The van der Waals surface area contributed by atoms with Crippen molar-refractivity contribution in [3.05, 3.63) is 70.3 Å². The van der Waals surface area contributed by atoms with Gasteiger partial charge in [0.1, 0.15) is 24.0 Å². The van der Waals surface area contributed by atoms with Gasteiger partial charge < -0.3 is 20.1 Å². The first-order valence-electron chi connectivity index (χ1n) is 10.3. The number of pyridine rings is 1. The van der Waals surface area contributed by atoms with Gasteiger partial charge in [0.05, 0.1) is 12.2 Å². The number of guanidine groups is 1. The molecule has 2 heterocycles. The summed E-state index contributed by atoms with van der Waals surface area (Å²) in [4.78, 5) is 13.3. The number of hydrogen-bond donors (Lipinski definition) is 2. The molecule has 0 radical (unpaired) electrons. The predicted molar refractivity (Wildman–Crippen MR) is 140 cm³/mol. The number of nitrogens with zero attached hydrogens (tertiary/aromatic N) is 3. The molecule has 9 heteroatoms. The summed E-state index contributed by atoms with van der Waals surface area (Å²) in [6.07, 6.45) is 1.80. The van der Waals surface area contributed by atoms with E-state index in [0.29, 0.717) is 38.1 Å². The van der Waals surface area contributed by atoms with Gasteiger partial charge in [0.15, 0.2) is 5.96 Å². The lowest BCUT2D eigenvalue weighted by atomic mass is 10.2. The molecule has 0 saturated heterocycles. The lowest BCUT2D eigenvalue weighted by Crippen LogP contribution is -2.36. The van der Waals surface area contributed by atoms with Crippen molar-refractivity contribution in [1.29, 1.82) is 0 Å². The second-order valence-corrected chi connectivity index (χ2v) is 8.06. The molecule has 0 fully saturated rings. The van der Waals surface area contributed by atoms with Crippen molar-refractivity contribution in [2.24, 2.45) is 4.99 Å². The van der Waals surface area contributed by atoms with Crippen LogP contribution in [-0.4, -0.2) is 36.2 Å². The molecule has 7 nitrogen and oxygen atoms in total. The van der Waals surface area contributed by atoms with Crippen LogP contribution in [-0.2, 0) is 13.1 Å². The number of aliphatic imine (C=N–C) groups is 1. The van der Waals surface area contributed by atoms with E-state index in [4.69, 9.17) is 9.47 Å². The zero-order valence-electron chi connectivity index (χ0n) is 18.6. The highest BCUT2D eigenvalue weighted by molar-refractivity contribution is 14.0. The number of hydrogen-bond acceptors (Lipinski definition) is 6. The topological polar surface area (TPSA) is 80.7 Å². The van der Waals surface area contributed by atoms with E-state index >= 15 is 0 Å². The molecular weight excluding hydrogens is 537 g/mol. The van der Waals surface area contributed by atoms with E-state index in [1.54, 1.807) is 24.6 Å². The van der Waals surface area contributed by atoms with Crippen LogP contribution in [0.15, 0.2) is 59.0 Å². The van der Waals surface area contributed by atoms with Gasteiger partial charge in [-0.2, -0.15) is 0 Å². The van der Waals surface area contributed by atoms with E-state index in [-0.39, 0.29) is 24.0 Å². The standard InChI is InChI=1S/C23H29N5O2S.HI/c1-17(2)20-16-31-22(28-20)15-27-23(24-3)26-14-18-9-10-21(25-13-18)30-12-11-29-19-7-5-4-6-8-19;/h4-10,13,16-17H,11-12,14-15H2,1-3H3,(H2,24,26,27);1H. The first-order valence-corrected chi connectivity index (χ1v) is 11.2. The molecule has 0 bridgehead atoms. The third-order valence-corrected chi connectivity index (χ3v) is 5.26. The molecule has 3 rings (SSSR count). The number of para-hydroxylation sites is 1. The number of thiazole rings is 1. The predicted octanol–water partition coefficient (Wildman–Crippen LogP) is 4.60. The molecular formula is C23H30IN5O2S. The molecule has 32 heavy (non-hydrogen) atoms. The first-order chi connectivity index (χ1) is 15.1. The van der Waals surface area contributed by atoms with Crippen molar-refractivity contribution in [1.82, 2.24) is 20.6 Å². The van der Waals surface area contributed by atoms with Gasteiger partial charge >= 0.3 is 0 Å². The molecule has 1 aromatic carbocycles. The number of aromatic nitrogens is 2. The zero-order valence-corrected chi connectivity index (χ0v) is 21.7. The maximum Gasteiger partial charge on any atom is 0.213 e. The van der Waals surface area contributed by atoms with Gasteiger partial charge in [-0.1, -0.05) is 38.1 Å². The van der Waals surface area contributed by atoms with Crippen LogP contribution in [0, 0.1) is 0 Å². The fourth-order valence-corrected chi connectivity index (χ4v) is 3.56. The van der Waals surface area contributed by atoms with Gasteiger partial charge in [0, 0.05) is 31.2 Å². The molecule has 0 atom stereocenters. The molecule has 0 aliphatic rings. The third-order valence-electron chi connectivity index (χ3n) is 4.39. The van der Waals surface area contributed by atoms with Crippen LogP contribution in [0.4, 0.5) is 0 Å². The normalized spacial score (nSPS) is 11.1. The fourth-order valence-electron chi connectivity index (χ4n) is 2.66. The quantitative estimate of drug-likeness (QED) is 0.161.